The Labute approximate surface area is 121 Å². The van der Waals surface area contributed by atoms with Gasteiger partial charge in [0, 0.05) is 24.2 Å². The summed E-state index contributed by atoms with van der Waals surface area (Å²) in [6.07, 6.45) is 2.48. The van der Waals surface area contributed by atoms with Crippen molar-refractivity contribution in [2.75, 3.05) is 5.32 Å². The second kappa shape index (κ2) is 5.90. The molecule has 112 valence electrons. The number of carboxylic acids is 1. The Morgan fingerprint density at radius 1 is 1.33 bits per heavy atom. The van der Waals surface area contributed by atoms with Crippen molar-refractivity contribution in [3.8, 4) is 0 Å². The van der Waals surface area contributed by atoms with Crippen molar-refractivity contribution < 1.29 is 19.6 Å². The highest BCUT2D eigenvalue weighted by molar-refractivity contribution is 5.94. The van der Waals surface area contributed by atoms with Crippen LogP contribution in [0.25, 0.3) is 0 Å². The number of hydrogen-bond acceptors (Lipinski definition) is 4. The number of nitro groups is 1. The molecule has 1 amide bonds. The molecule has 1 aromatic rings. The van der Waals surface area contributed by atoms with Gasteiger partial charge in [0.15, 0.2) is 0 Å². The molecule has 1 saturated carbocycles. The standard InChI is InChI=1S/C14H16N2O5/c17-12(9-14(13(18)19)6-1-2-7-14)15-10-4-3-5-11(8-10)16(20)21/h3-5,8H,1-2,6-7,9H2,(H,15,17)(H,18,19). The van der Waals surface area contributed by atoms with Crippen LogP contribution in [0.3, 0.4) is 0 Å². The molecule has 0 aromatic heterocycles. The Hall–Kier alpha value is -2.44. The second-order valence-electron chi connectivity index (χ2n) is 5.32. The van der Waals surface area contributed by atoms with Crippen LogP contribution in [0.4, 0.5) is 11.4 Å². The van der Waals surface area contributed by atoms with Crippen LogP contribution in [0.15, 0.2) is 24.3 Å². The summed E-state index contributed by atoms with van der Waals surface area (Å²) in [5.41, 5.74) is -0.820. The van der Waals surface area contributed by atoms with E-state index in [-0.39, 0.29) is 12.1 Å². The number of anilines is 1. The molecule has 0 saturated heterocycles. The third-order valence-electron chi connectivity index (χ3n) is 3.85. The van der Waals surface area contributed by atoms with Crippen molar-refractivity contribution in [1.82, 2.24) is 0 Å². The van der Waals surface area contributed by atoms with E-state index in [4.69, 9.17) is 0 Å². The van der Waals surface area contributed by atoms with Gasteiger partial charge in [-0.1, -0.05) is 18.9 Å². The van der Waals surface area contributed by atoms with E-state index >= 15 is 0 Å². The third kappa shape index (κ3) is 3.36. The molecule has 0 atom stereocenters. The Morgan fingerprint density at radius 2 is 2.00 bits per heavy atom. The van der Waals surface area contributed by atoms with Gasteiger partial charge in [0.1, 0.15) is 0 Å². The molecule has 0 aliphatic heterocycles. The van der Waals surface area contributed by atoms with Crippen molar-refractivity contribution in [3.63, 3.8) is 0 Å². The molecule has 1 aromatic carbocycles. The quantitative estimate of drug-likeness (QED) is 0.640. The minimum absolute atomic E-state index is 0.106. The first-order valence-corrected chi connectivity index (χ1v) is 6.71. The number of nitro benzene ring substituents is 1. The Kier molecular flexibility index (Phi) is 4.21. The summed E-state index contributed by atoms with van der Waals surface area (Å²) in [6.45, 7) is 0. The van der Waals surface area contributed by atoms with Crippen LogP contribution < -0.4 is 5.32 Å². The summed E-state index contributed by atoms with van der Waals surface area (Å²) in [4.78, 5) is 33.5. The number of benzene rings is 1. The molecular weight excluding hydrogens is 276 g/mol. The molecule has 2 N–H and O–H groups in total. The summed E-state index contributed by atoms with van der Waals surface area (Å²) >= 11 is 0. The highest BCUT2D eigenvalue weighted by Gasteiger charge is 2.42. The van der Waals surface area contributed by atoms with Crippen LogP contribution >= 0.6 is 0 Å². The van der Waals surface area contributed by atoms with E-state index in [9.17, 15) is 24.8 Å². The number of amides is 1. The molecule has 1 fully saturated rings. The average Bonchev–Trinajstić information content (AvgIpc) is 2.88. The van der Waals surface area contributed by atoms with E-state index in [0.29, 0.717) is 18.5 Å². The lowest BCUT2D eigenvalue weighted by atomic mass is 9.82. The number of rotatable bonds is 5. The molecule has 7 nitrogen and oxygen atoms in total. The van der Waals surface area contributed by atoms with Crippen molar-refractivity contribution in [2.45, 2.75) is 32.1 Å². The zero-order valence-electron chi connectivity index (χ0n) is 11.4. The Balaban J connectivity index is 2.06. The maximum absolute atomic E-state index is 12.0. The van der Waals surface area contributed by atoms with Crippen molar-refractivity contribution in [1.29, 1.82) is 0 Å². The number of nitrogens with one attached hydrogen (secondary N) is 1. The number of carboxylic acid groups (broad SMARTS) is 1. The SMILES string of the molecule is O=C(CC1(C(=O)O)CCCC1)Nc1cccc([N+](=O)[O-])c1. The smallest absolute Gasteiger partial charge is 0.310 e. The highest BCUT2D eigenvalue weighted by atomic mass is 16.6. The van der Waals surface area contributed by atoms with E-state index in [0.717, 1.165) is 12.8 Å². The molecule has 21 heavy (non-hydrogen) atoms. The first-order valence-electron chi connectivity index (χ1n) is 6.71. The summed E-state index contributed by atoms with van der Waals surface area (Å²) in [6, 6.07) is 5.58. The molecule has 0 bridgehead atoms. The average molecular weight is 292 g/mol. The van der Waals surface area contributed by atoms with Gasteiger partial charge in [-0.3, -0.25) is 19.7 Å². The first kappa shape index (κ1) is 15.0. The van der Waals surface area contributed by atoms with Gasteiger partial charge in [-0.15, -0.1) is 0 Å². The van der Waals surface area contributed by atoms with Gasteiger partial charge in [-0.2, -0.15) is 0 Å². The van der Waals surface area contributed by atoms with Crippen LogP contribution in [0.1, 0.15) is 32.1 Å². The lowest BCUT2D eigenvalue weighted by Gasteiger charge is -2.22. The van der Waals surface area contributed by atoms with Crippen LogP contribution in [0.2, 0.25) is 0 Å². The van der Waals surface area contributed by atoms with Gasteiger partial charge in [0.2, 0.25) is 5.91 Å². The highest BCUT2D eigenvalue weighted by Crippen LogP contribution is 2.41. The number of carbonyl (C=O) groups excluding carboxylic acids is 1. The fraction of sp³-hybridized carbons (Fsp3) is 0.429. The van der Waals surface area contributed by atoms with E-state index < -0.39 is 22.2 Å². The number of carbonyl (C=O) groups is 2. The molecule has 2 rings (SSSR count). The van der Waals surface area contributed by atoms with Gasteiger partial charge in [0.05, 0.1) is 10.3 Å². The van der Waals surface area contributed by atoms with E-state index in [1.165, 1.54) is 24.3 Å². The van der Waals surface area contributed by atoms with Gasteiger partial charge < -0.3 is 10.4 Å². The third-order valence-corrected chi connectivity index (χ3v) is 3.85. The Bertz CT molecular complexity index is 578. The maximum atomic E-state index is 12.0. The zero-order chi connectivity index (χ0) is 15.5. The minimum atomic E-state index is -0.995. The molecule has 0 heterocycles. The van der Waals surface area contributed by atoms with E-state index in [1.54, 1.807) is 0 Å². The summed E-state index contributed by atoms with van der Waals surface area (Å²) < 4.78 is 0. The summed E-state index contributed by atoms with van der Waals surface area (Å²) in [5.74, 6) is -1.38. The molecule has 7 heteroatoms. The number of non-ortho nitro benzene ring substituents is 1. The number of aliphatic carboxylic acids is 1. The van der Waals surface area contributed by atoms with Crippen molar-refractivity contribution in [2.24, 2.45) is 5.41 Å². The molecule has 0 spiro atoms. The molecule has 0 unspecified atom stereocenters. The normalized spacial score (nSPS) is 16.4. The molecule has 1 aliphatic carbocycles. The fourth-order valence-corrected chi connectivity index (χ4v) is 2.73. The minimum Gasteiger partial charge on any atom is -0.481 e. The van der Waals surface area contributed by atoms with Crippen LogP contribution in [-0.2, 0) is 9.59 Å². The van der Waals surface area contributed by atoms with Crippen LogP contribution in [0, 0.1) is 15.5 Å². The van der Waals surface area contributed by atoms with Gasteiger partial charge in [-0.25, -0.2) is 0 Å². The fourth-order valence-electron chi connectivity index (χ4n) is 2.73. The number of hydrogen-bond donors (Lipinski definition) is 2. The lowest BCUT2D eigenvalue weighted by molar-refractivity contribution is -0.384. The maximum Gasteiger partial charge on any atom is 0.310 e. The van der Waals surface area contributed by atoms with Crippen molar-refractivity contribution in [3.05, 3.63) is 34.4 Å². The van der Waals surface area contributed by atoms with Gasteiger partial charge in [-0.05, 0) is 18.9 Å². The van der Waals surface area contributed by atoms with Crippen molar-refractivity contribution >= 4 is 23.3 Å². The first-order chi connectivity index (χ1) is 9.93. The van der Waals surface area contributed by atoms with E-state index in [2.05, 4.69) is 5.32 Å². The van der Waals surface area contributed by atoms with Gasteiger partial charge >= 0.3 is 5.97 Å². The topological polar surface area (TPSA) is 110 Å². The predicted molar refractivity (Wildman–Crippen MR) is 74.9 cm³/mol. The molecular formula is C14H16N2O5. The summed E-state index contributed by atoms with van der Waals surface area (Å²) in [5, 5.41) is 22.5. The van der Waals surface area contributed by atoms with Crippen LogP contribution in [0.5, 0.6) is 0 Å². The molecule has 0 radical (unpaired) electrons. The monoisotopic (exact) mass is 292 g/mol. The molecule has 1 aliphatic rings. The predicted octanol–water partition coefficient (Wildman–Crippen LogP) is 2.57. The summed E-state index contributed by atoms with van der Waals surface area (Å²) in [7, 11) is 0. The zero-order valence-corrected chi connectivity index (χ0v) is 11.4. The largest absolute Gasteiger partial charge is 0.481 e. The van der Waals surface area contributed by atoms with Crippen LogP contribution in [-0.4, -0.2) is 21.9 Å². The number of nitrogens with zero attached hydrogens (tertiary/aromatic N) is 1. The Morgan fingerprint density at radius 3 is 2.57 bits per heavy atom. The lowest BCUT2D eigenvalue weighted by Crippen LogP contribution is -2.32. The van der Waals surface area contributed by atoms with Gasteiger partial charge in [0.25, 0.3) is 5.69 Å². The van der Waals surface area contributed by atoms with E-state index in [1.807, 2.05) is 0 Å². The second-order valence-corrected chi connectivity index (χ2v) is 5.32.